The normalized spacial score (nSPS) is 22.8. The molecule has 0 N–H and O–H groups in total. The molecule has 0 spiro atoms. The van der Waals surface area contributed by atoms with Crippen LogP contribution in [0.3, 0.4) is 0 Å². The van der Waals surface area contributed by atoms with Crippen LogP contribution in [-0.2, 0) is 28.0 Å². The zero-order chi connectivity index (χ0) is 30.8. The molecule has 11 heteroatoms. The fraction of sp³-hybridized carbons (Fsp3) is 0.424. The van der Waals surface area contributed by atoms with Crippen LogP contribution in [0.25, 0.3) is 5.57 Å². The minimum atomic E-state index is -1.01. The van der Waals surface area contributed by atoms with E-state index in [1.165, 1.54) is 0 Å². The number of alkyl halides is 1. The lowest BCUT2D eigenvalue weighted by Gasteiger charge is -2.39. The molecule has 9 nitrogen and oxygen atoms in total. The van der Waals surface area contributed by atoms with Crippen LogP contribution in [0.4, 0.5) is 0 Å². The Labute approximate surface area is 268 Å². The second-order valence-corrected chi connectivity index (χ2v) is 12.2. The highest BCUT2D eigenvalue weighted by molar-refractivity contribution is 6.34. The van der Waals surface area contributed by atoms with Crippen molar-refractivity contribution in [1.29, 1.82) is 0 Å². The van der Waals surface area contributed by atoms with Gasteiger partial charge in [-0.3, -0.25) is 14.8 Å². The summed E-state index contributed by atoms with van der Waals surface area (Å²) in [4.78, 5) is 19.5. The SMILES string of the molecule is COc1nc(C2(c3cnc(CN4CC(OC)C4)c(OC)n3)C=CC=C(c3ccccc3Cl)C2Cl)ccc1CN1CC(OC)C1. The van der Waals surface area contributed by atoms with Crippen molar-refractivity contribution in [1.82, 2.24) is 24.8 Å². The largest absolute Gasteiger partial charge is 0.481 e. The molecule has 0 radical (unpaired) electrons. The Morgan fingerprint density at radius 3 is 2.16 bits per heavy atom. The van der Waals surface area contributed by atoms with Crippen molar-refractivity contribution in [2.45, 2.75) is 36.1 Å². The molecule has 2 unspecified atom stereocenters. The summed E-state index contributed by atoms with van der Waals surface area (Å²) in [5.74, 6) is 0.985. The number of rotatable bonds is 11. The van der Waals surface area contributed by atoms with Crippen LogP contribution in [0.5, 0.6) is 11.8 Å². The quantitative estimate of drug-likeness (QED) is 0.277. The predicted molar refractivity (Wildman–Crippen MR) is 171 cm³/mol. The number of hydrogen-bond acceptors (Lipinski definition) is 9. The van der Waals surface area contributed by atoms with E-state index in [9.17, 15) is 0 Å². The summed E-state index contributed by atoms with van der Waals surface area (Å²) in [7, 11) is 6.74. The lowest BCUT2D eigenvalue weighted by molar-refractivity contribution is -0.0342. The maximum absolute atomic E-state index is 7.54. The average Bonchev–Trinajstić information content (AvgIpc) is 3.01. The summed E-state index contributed by atoms with van der Waals surface area (Å²) in [6.45, 7) is 4.73. The van der Waals surface area contributed by atoms with Crippen molar-refractivity contribution in [3.05, 3.63) is 94.1 Å². The smallest absolute Gasteiger partial charge is 0.237 e. The molecule has 232 valence electrons. The molecule has 6 rings (SSSR count). The maximum atomic E-state index is 7.54. The molecule has 44 heavy (non-hydrogen) atoms. The number of pyridine rings is 1. The highest BCUT2D eigenvalue weighted by Crippen LogP contribution is 2.48. The van der Waals surface area contributed by atoms with Gasteiger partial charge >= 0.3 is 0 Å². The van der Waals surface area contributed by atoms with Crippen molar-refractivity contribution >= 4 is 28.8 Å². The minimum Gasteiger partial charge on any atom is -0.481 e. The van der Waals surface area contributed by atoms with Gasteiger partial charge in [0.1, 0.15) is 5.69 Å². The molecule has 0 saturated carbocycles. The molecule has 2 atom stereocenters. The first-order chi connectivity index (χ1) is 21.4. The van der Waals surface area contributed by atoms with Crippen LogP contribution in [0.1, 0.15) is 28.2 Å². The molecule has 2 fully saturated rings. The third-order valence-corrected chi connectivity index (χ3v) is 9.67. The van der Waals surface area contributed by atoms with Crippen molar-refractivity contribution in [3.8, 4) is 11.8 Å². The minimum absolute atomic E-state index is 0.238. The van der Waals surface area contributed by atoms with E-state index >= 15 is 0 Å². The van der Waals surface area contributed by atoms with Crippen LogP contribution in [0, 0.1) is 0 Å². The molecule has 1 aromatic carbocycles. The fourth-order valence-electron chi connectivity index (χ4n) is 6.12. The van der Waals surface area contributed by atoms with E-state index in [1.807, 2.05) is 48.6 Å². The lowest BCUT2D eigenvalue weighted by Crippen LogP contribution is -2.51. The summed E-state index contributed by atoms with van der Waals surface area (Å²) in [6.07, 6.45) is 8.30. The highest BCUT2D eigenvalue weighted by atomic mass is 35.5. The molecule has 3 aliphatic rings. The Morgan fingerprint density at radius 1 is 0.841 bits per heavy atom. The maximum Gasteiger partial charge on any atom is 0.237 e. The van der Waals surface area contributed by atoms with Crippen LogP contribution in [-0.4, -0.2) is 97.0 Å². The van der Waals surface area contributed by atoms with Gasteiger partial charge in [0.25, 0.3) is 0 Å². The number of hydrogen-bond donors (Lipinski definition) is 0. The second kappa shape index (κ2) is 13.1. The Morgan fingerprint density at radius 2 is 1.50 bits per heavy atom. The first-order valence-corrected chi connectivity index (χ1v) is 15.4. The summed E-state index contributed by atoms with van der Waals surface area (Å²) in [5, 5.41) is -0.0164. The molecule has 3 aromatic rings. The van der Waals surface area contributed by atoms with Gasteiger partial charge in [-0.25, -0.2) is 9.97 Å². The van der Waals surface area contributed by atoms with E-state index in [1.54, 1.807) is 34.6 Å². The number of halogens is 2. The first kappa shape index (κ1) is 31.0. The molecule has 2 aliphatic heterocycles. The van der Waals surface area contributed by atoms with Gasteiger partial charge < -0.3 is 18.9 Å². The first-order valence-electron chi connectivity index (χ1n) is 14.6. The van der Waals surface area contributed by atoms with Gasteiger partial charge in [0, 0.05) is 64.1 Å². The third-order valence-electron chi connectivity index (χ3n) is 8.76. The van der Waals surface area contributed by atoms with Crippen molar-refractivity contribution in [2.24, 2.45) is 0 Å². The van der Waals surface area contributed by atoms with E-state index in [0.29, 0.717) is 41.3 Å². The van der Waals surface area contributed by atoms with Crippen molar-refractivity contribution < 1.29 is 18.9 Å². The van der Waals surface area contributed by atoms with Gasteiger partial charge in [-0.05, 0) is 23.3 Å². The van der Waals surface area contributed by atoms with Gasteiger partial charge in [-0.1, -0.05) is 54.1 Å². The molecular weight excluding hydrogens is 601 g/mol. The second-order valence-electron chi connectivity index (χ2n) is 11.4. The van der Waals surface area contributed by atoms with E-state index < -0.39 is 10.8 Å². The van der Waals surface area contributed by atoms with Gasteiger partial charge in [0.2, 0.25) is 11.8 Å². The van der Waals surface area contributed by atoms with Crippen molar-refractivity contribution in [3.63, 3.8) is 0 Å². The summed E-state index contributed by atoms with van der Waals surface area (Å²) in [6, 6.07) is 11.8. The molecule has 0 amide bonds. The molecule has 1 aliphatic carbocycles. The number of methoxy groups -OCH3 is 4. The lowest BCUT2D eigenvalue weighted by atomic mass is 9.71. The summed E-state index contributed by atoms with van der Waals surface area (Å²) >= 11 is 14.2. The molecular formula is C33H37Cl2N5O4. The van der Waals surface area contributed by atoms with Gasteiger partial charge in [0.05, 0.1) is 54.8 Å². The summed E-state index contributed by atoms with van der Waals surface area (Å²) in [5.41, 5.74) is 3.71. The Balaban J connectivity index is 1.41. The average molecular weight is 639 g/mol. The van der Waals surface area contributed by atoms with E-state index in [2.05, 4.69) is 15.9 Å². The monoisotopic (exact) mass is 637 g/mol. The Bertz CT molecular complexity index is 1480. The standard InChI is InChI=1S/C33H37Cl2N5O4/c1-41-22-16-39(17-22)15-21-11-12-28(37-31(21)43-3)33(13-7-9-25(30(33)35)24-8-5-6-10-26(24)34)29-14-36-27(32(38-29)44-4)20-40-18-23(19-40)42-2/h5-14,22-23,30H,15-20H2,1-4H3. The molecule has 0 bridgehead atoms. The third kappa shape index (κ3) is 5.73. The van der Waals surface area contributed by atoms with Crippen LogP contribution in [0.15, 0.2) is 60.8 Å². The highest BCUT2D eigenvalue weighted by Gasteiger charge is 2.47. The Hall–Kier alpha value is -3.05. The zero-order valence-electron chi connectivity index (χ0n) is 25.4. The van der Waals surface area contributed by atoms with Gasteiger partial charge in [0.15, 0.2) is 0 Å². The number of allylic oxidation sites excluding steroid dienone is 4. The van der Waals surface area contributed by atoms with Crippen molar-refractivity contribution in [2.75, 3.05) is 54.6 Å². The molecule has 4 heterocycles. The predicted octanol–water partition coefficient (Wildman–Crippen LogP) is 4.75. The van der Waals surface area contributed by atoms with E-state index in [0.717, 1.165) is 48.6 Å². The fourth-order valence-corrected chi connectivity index (χ4v) is 6.85. The van der Waals surface area contributed by atoms with Crippen LogP contribution >= 0.6 is 23.2 Å². The Kier molecular flexibility index (Phi) is 9.23. The topological polar surface area (TPSA) is 82.1 Å². The molecule has 2 aromatic heterocycles. The van der Waals surface area contributed by atoms with Gasteiger partial charge in [-0.2, -0.15) is 0 Å². The number of ether oxygens (including phenoxy) is 4. The van der Waals surface area contributed by atoms with Crippen LogP contribution in [0.2, 0.25) is 5.02 Å². The number of likely N-dealkylation sites (tertiary alicyclic amines) is 2. The summed E-state index contributed by atoms with van der Waals surface area (Å²) < 4.78 is 22.5. The number of benzene rings is 1. The van der Waals surface area contributed by atoms with E-state index in [4.69, 9.17) is 57.1 Å². The number of nitrogens with zero attached hydrogens (tertiary/aromatic N) is 5. The van der Waals surface area contributed by atoms with E-state index in [-0.39, 0.29) is 12.2 Å². The number of aromatic nitrogens is 3. The molecule has 2 saturated heterocycles. The zero-order valence-corrected chi connectivity index (χ0v) is 26.9. The van der Waals surface area contributed by atoms with Crippen LogP contribution < -0.4 is 9.47 Å². The van der Waals surface area contributed by atoms with Gasteiger partial charge in [-0.15, -0.1) is 11.6 Å².